The Morgan fingerprint density at radius 3 is 1.57 bits per heavy atom. The largest absolute Gasteiger partial charge is 0.399 e. The Kier molecular flexibility index (Phi) is 14.0. The van der Waals surface area contributed by atoms with Crippen molar-refractivity contribution in [3.63, 3.8) is 0 Å². The number of nitrogens with two attached hydrogens (primary N) is 2. The fourth-order valence-corrected chi connectivity index (χ4v) is 6.83. The number of hydrogen-bond acceptors (Lipinski definition) is 13. The third kappa shape index (κ3) is 10.6. The van der Waals surface area contributed by atoms with Crippen LogP contribution in [0.3, 0.4) is 0 Å². The number of aromatic nitrogens is 8. The van der Waals surface area contributed by atoms with Gasteiger partial charge >= 0.3 is 6.03 Å². The molecule has 63 heavy (non-hydrogen) atoms. The molecular formula is C46H52N14O3. The van der Waals surface area contributed by atoms with Crippen LogP contribution in [0.5, 0.6) is 0 Å². The molecule has 2 aliphatic rings. The Labute approximate surface area is 365 Å². The summed E-state index contributed by atoms with van der Waals surface area (Å²) in [5.74, 6) is 3.18. The summed E-state index contributed by atoms with van der Waals surface area (Å²) < 4.78 is 14.6. The molecule has 6 aromatic heterocycles. The van der Waals surface area contributed by atoms with E-state index in [1.54, 1.807) is 18.5 Å². The average molecular weight is 849 g/mol. The Bertz CT molecular complexity index is 2720. The molecule has 17 heteroatoms. The third-order valence-electron chi connectivity index (χ3n) is 10.2. The van der Waals surface area contributed by atoms with Crippen LogP contribution in [0.15, 0.2) is 122 Å². The van der Waals surface area contributed by atoms with Crippen LogP contribution in [-0.4, -0.2) is 97.8 Å². The first-order valence-electron chi connectivity index (χ1n) is 20.3. The lowest BCUT2D eigenvalue weighted by molar-refractivity contribution is 0.122. The Hall–Kier alpha value is -7.63. The number of amides is 2. The highest BCUT2D eigenvalue weighted by molar-refractivity contribution is 6.00. The fourth-order valence-electron chi connectivity index (χ4n) is 6.83. The molecule has 0 saturated carbocycles. The van der Waals surface area contributed by atoms with Gasteiger partial charge in [-0.05, 0) is 111 Å². The molecule has 2 amide bonds. The maximum Gasteiger partial charge on any atom is 0.323 e. The van der Waals surface area contributed by atoms with E-state index in [-0.39, 0.29) is 13.5 Å². The lowest BCUT2D eigenvalue weighted by Crippen LogP contribution is -2.37. The molecular weight excluding hydrogens is 797 g/mol. The van der Waals surface area contributed by atoms with Gasteiger partial charge in [0.1, 0.15) is 11.0 Å². The van der Waals surface area contributed by atoms with Gasteiger partial charge in [0.15, 0.2) is 23.3 Å². The molecule has 2 aromatic carbocycles. The molecule has 2 aliphatic heterocycles. The lowest BCUT2D eigenvalue weighted by Gasteiger charge is -2.28. The molecule has 10 rings (SSSR count). The van der Waals surface area contributed by atoms with Crippen molar-refractivity contribution in [3.05, 3.63) is 133 Å². The predicted octanol–water partition coefficient (Wildman–Crippen LogP) is 7.00. The van der Waals surface area contributed by atoms with E-state index < -0.39 is 0 Å². The summed E-state index contributed by atoms with van der Waals surface area (Å²) in [5, 5.41) is 14.9. The molecule has 0 unspecified atom stereocenters. The highest BCUT2D eigenvalue weighted by atomic mass is 16.5. The number of rotatable bonds is 6. The molecule has 8 heterocycles. The zero-order chi connectivity index (χ0) is 42.8. The van der Waals surface area contributed by atoms with Gasteiger partial charge < -0.3 is 41.4 Å². The van der Waals surface area contributed by atoms with Gasteiger partial charge in [0.2, 0.25) is 0 Å². The predicted molar refractivity (Wildman–Crippen MR) is 249 cm³/mol. The van der Waals surface area contributed by atoms with Crippen molar-refractivity contribution in [2.75, 3.05) is 84.5 Å². The van der Waals surface area contributed by atoms with E-state index in [1.807, 2.05) is 126 Å². The standard InChI is InChI=1S/C23H23N7O2.C16H17N5O.C6H8N2.CH4/c1-16-19(4-2-10-24-16)26-23(31)25-18-8-6-17(7-9-18)21-27-22(29-12-14-32-15-13-29)20-5-3-11-30(20)28-21;17-13-5-3-12(4-6-13)15-18-16(20-8-10-22-11-9-20)14-2-1-7-21(14)19-15;1-5-6(7)3-2-4-8-5;/h2-11H,12-15H2,1H3,(H2,25,26,31);1-7H,8-11,17H2;2-4H,7H2,1H3;1H4. The number of nitrogens with zero attached hydrogens (tertiary/aromatic N) is 10. The molecule has 0 aliphatic carbocycles. The SMILES string of the molecule is C.Cc1ncccc1N.Cc1ncccc1NC(=O)Nc1ccc(-c2nc(N3CCOCC3)c3cccn3n2)cc1.Nc1ccc(-c2nc(N3CCOCC3)c3cccn3n2)cc1. The van der Waals surface area contributed by atoms with Gasteiger partial charge in [-0.1, -0.05) is 7.43 Å². The summed E-state index contributed by atoms with van der Waals surface area (Å²) in [6, 6.07) is 30.0. The van der Waals surface area contributed by atoms with Crippen molar-refractivity contribution in [2.45, 2.75) is 21.3 Å². The number of ether oxygens (including phenoxy) is 2. The molecule has 0 atom stereocenters. The Morgan fingerprint density at radius 2 is 1.10 bits per heavy atom. The number of fused-ring (bicyclic) bond motifs is 2. The summed E-state index contributed by atoms with van der Waals surface area (Å²) in [7, 11) is 0. The van der Waals surface area contributed by atoms with Gasteiger partial charge in [-0.3, -0.25) is 9.97 Å². The van der Waals surface area contributed by atoms with Crippen LogP contribution in [0.4, 0.5) is 39.2 Å². The van der Waals surface area contributed by atoms with Crippen LogP contribution in [0, 0.1) is 13.8 Å². The number of nitrogens with one attached hydrogen (secondary N) is 2. The molecule has 8 aromatic rings. The topological polar surface area (TPSA) is 204 Å². The monoisotopic (exact) mass is 848 g/mol. The zero-order valence-corrected chi connectivity index (χ0v) is 34.6. The van der Waals surface area contributed by atoms with Crippen LogP contribution in [0.25, 0.3) is 33.8 Å². The number of carbonyl (C=O) groups excluding carboxylic acids is 1. The zero-order valence-electron chi connectivity index (χ0n) is 34.6. The fraction of sp³-hybridized carbons (Fsp3) is 0.239. The number of urea groups is 1. The van der Waals surface area contributed by atoms with Crippen molar-refractivity contribution in [1.82, 2.24) is 39.2 Å². The number of aryl methyl sites for hydroxylation is 2. The third-order valence-corrected chi connectivity index (χ3v) is 10.2. The second-order valence-electron chi connectivity index (χ2n) is 14.5. The number of anilines is 6. The molecule has 0 bridgehead atoms. The maximum absolute atomic E-state index is 12.3. The number of nitrogen functional groups attached to an aromatic ring is 2. The van der Waals surface area contributed by atoms with E-state index in [4.69, 9.17) is 30.9 Å². The summed E-state index contributed by atoms with van der Waals surface area (Å²) in [6.45, 7) is 9.85. The number of carbonyl (C=O) groups is 1. The summed E-state index contributed by atoms with van der Waals surface area (Å²) in [4.78, 5) is 34.6. The molecule has 2 saturated heterocycles. The molecule has 2 fully saturated rings. The quantitative estimate of drug-likeness (QED) is 0.125. The number of morpholine rings is 2. The first-order chi connectivity index (χ1) is 30.3. The van der Waals surface area contributed by atoms with E-state index in [1.165, 1.54) is 0 Å². The van der Waals surface area contributed by atoms with Crippen LogP contribution in [-0.2, 0) is 9.47 Å². The van der Waals surface area contributed by atoms with Crippen molar-refractivity contribution in [1.29, 1.82) is 0 Å². The second kappa shape index (κ2) is 20.3. The van der Waals surface area contributed by atoms with Crippen molar-refractivity contribution < 1.29 is 14.3 Å². The first kappa shape index (κ1) is 43.5. The van der Waals surface area contributed by atoms with Crippen molar-refractivity contribution >= 4 is 51.4 Å². The van der Waals surface area contributed by atoms with Gasteiger partial charge in [-0.2, -0.15) is 0 Å². The average Bonchev–Trinajstić information content (AvgIpc) is 4.00. The molecule has 0 radical (unpaired) electrons. The minimum absolute atomic E-state index is 0. The van der Waals surface area contributed by atoms with Crippen molar-refractivity contribution in [2.24, 2.45) is 0 Å². The van der Waals surface area contributed by atoms with Gasteiger partial charge in [0.05, 0.1) is 49.2 Å². The van der Waals surface area contributed by atoms with Crippen LogP contribution >= 0.6 is 0 Å². The highest BCUT2D eigenvalue weighted by Crippen LogP contribution is 2.27. The normalized spacial score (nSPS) is 13.6. The maximum atomic E-state index is 12.3. The van der Waals surface area contributed by atoms with Crippen molar-refractivity contribution in [3.8, 4) is 22.8 Å². The van der Waals surface area contributed by atoms with Gasteiger partial charge in [0.25, 0.3) is 0 Å². The van der Waals surface area contributed by atoms with E-state index in [0.29, 0.717) is 36.2 Å². The smallest absolute Gasteiger partial charge is 0.323 e. The second-order valence-corrected chi connectivity index (χ2v) is 14.5. The lowest BCUT2D eigenvalue weighted by atomic mass is 10.2. The summed E-state index contributed by atoms with van der Waals surface area (Å²) in [6.07, 6.45) is 7.29. The summed E-state index contributed by atoms with van der Waals surface area (Å²) >= 11 is 0. The number of benzene rings is 2. The first-order valence-corrected chi connectivity index (χ1v) is 20.3. The minimum atomic E-state index is -0.325. The Morgan fingerprint density at radius 1 is 0.603 bits per heavy atom. The molecule has 324 valence electrons. The van der Waals surface area contributed by atoms with E-state index in [2.05, 4.69) is 40.6 Å². The number of hydrogen-bond donors (Lipinski definition) is 4. The van der Waals surface area contributed by atoms with Gasteiger partial charge in [-0.25, -0.2) is 23.8 Å². The Balaban J connectivity index is 0.000000165. The van der Waals surface area contributed by atoms with E-state index >= 15 is 0 Å². The molecule has 0 spiro atoms. The molecule has 17 nitrogen and oxygen atoms in total. The van der Waals surface area contributed by atoms with Crippen LogP contribution in [0.2, 0.25) is 0 Å². The minimum Gasteiger partial charge on any atom is -0.399 e. The molecule has 6 N–H and O–H groups in total. The van der Waals surface area contributed by atoms with E-state index in [9.17, 15) is 4.79 Å². The highest BCUT2D eigenvalue weighted by Gasteiger charge is 2.20. The summed E-state index contributed by atoms with van der Waals surface area (Å²) in [5.41, 5.74) is 19.5. The van der Waals surface area contributed by atoms with Crippen LogP contribution < -0.4 is 31.9 Å². The van der Waals surface area contributed by atoms with E-state index in [0.717, 1.165) is 96.0 Å². The van der Waals surface area contributed by atoms with Gasteiger partial charge in [-0.15, -0.1) is 10.2 Å². The number of pyridine rings is 2. The van der Waals surface area contributed by atoms with Crippen LogP contribution in [0.1, 0.15) is 18.8 Å². The van der Waals surface area contributed by atoms with Gasteiger partial charge in [0, 0.05) is 73.5 Å².